The van der Waals surface area contributed by atoms with Crippen LogP contribution in [-0.4, -0.2) is 29.7 Å². The molecule has 0 bridgehead atoms. The van der Waals surface area contributed by atoms with Crippen molar-refractivity contribution in [1.29, 1.82) is 0 Å². The quantitative estimate of drug-likeness (QED) is 0.791. The van der Waals surface area contributed by atoms with Gasteiger partial charge in [-0.1, -0.05) is 19.4 Å². The zero-order valence-corrected chi connectivity index (χ0v) is 10.7. The van der Waals surface area contributed by atoms with E-state index in [0.717, 1.165) is 37.1 Å². The minimum absolute atomic E-state index is 0.171. The van der Waals surface area contributed by atoms with E-state index >= 15 is 0 Å². The molecule has 1 aromatic rings. The molecule has 0 radical (unpaired) electrons. The van der Waals surface area contributed by atoms with Crippen molar-refractivity contribution in [3.8, 4) is 0 Å². The molecule has 17 heavy (non-hydrogen) atoms. The van der Waals surface area contributed by atoms with Crippen molar-refractivity contribution < 1.29 is 9.50 Å². The van der Waals surface area contributed by atoms with Gasteiger partial charge in [-0.25, -0.2) is 4.39 Å². The Bertz CT molecular complexity index is 341. The molecule has 3 heteroatoms. The summed E-state index contributed by atoms with van der Waals surface area (Å²) in [5, 5.41) is 9.03. The fourth-order valence-corrected chi connectivity index (χ4v) is 1.87. The Morgan fingerprint density at radius 2 is 2.06 bits per heavy atom. The van der Waals surface area contributed by atoms with Gasteiger partial charge in [-0.05, 0) is 43.1 Å². The van der Waals surface area contributed by atoms with E-state index in [1.807, 2.05) is 13.0 Å². The summed E-state index contributed by atoms with van der Waals surface area (Å²) in [6.45, 7) is 6.69. The average molecular weight is 239 g/mol. The Balaban J connectivity index is 2.64. The maximum Gasteiger partial charge on any atom is 0.123 e. The van der Waals surface area contributed by atoms with E-state index < -0.39 is 0 Å². The van der Waals surface area contributed by atoms with Gasteiger partial charge >= 0.3 is 0 Å². The first-order valence-corrected chi connectivity index (χ1v) is 6.25. The number of hydrogen-bond acceptors (Lipinski definition) is 2. The van der Waals surface area contributed by atoms with Gasteiger partial charge < -0.3 is 5.11 Å². The number of aliphatic hydroxyl groups excluding tert-OH is 1. The lowest BCUT2D eigenvalue weighted by Crippen LogP contribution is -2.27. The molecule has 96 valence electrons. The summed E-state index contributed by atoms with van der Waals surface area (Å²) >= 11 is 0. The monoisotopic (exact) mass is 239 g/mol. The Labute approximate surface area is 103 Å². The lowest BCUT2D eigenvalue weighted by atomic mass is 10.1. The Morgan fingerprint density at radius 3 is 2.65 bits per heavy atom. The van der Waals surface area contributed by atoms with E-state index in [-0.39, 0.29) is 12.4 Å². The van der Waals surface area contributed by atoms with Gasteiger partial charge in [0.25, 0.3) is 0 Å². The topological polar surface area (TPSA) is 23.5 Å². The number of rotatable bonds is 7. The normalized spacial score (nSPS) is 11.1. The number of halogens is 1. The van der Waals surface area contributed by atoms with Gasteiger partial charge in [0.05, 0.1) is 6.61 Å². The Kier molecular flexibility index (Phi) is 6.16. The lowest BCUT2D eigenvalue weighted by molar-refractivity contribution is 0.188. The molecule has 0 amide bonds. The fourth-order valence-electron chi connectivity index (χ4n) is 1.87. The zero-order chi connectivity index (χ0) is 12.7. The van der Waals surface area contributed by atoms with E-state index in [4.69, 9.17) is 5.11 Å². The highest BCUT2D eigenvalue weighted by atomic mass is 19.1. The van der Waals surface area contributed by atoms with Crippen LogP contribution in [0.3, 0.4) is 0 Å². The molecule has 0 aromatic heterocycles. The van der Waals surface area contributed by atoms with Crippen LogP contribution in [0.4, 0.5) is 4.39 Å². The minimum atomic E-state index is -0.187. The number of aryl methyl sites for hydroxylation is 1. The van der Waals surface area contributed by atoms with E-state index in [1.165, 1.54) is 6.07 Å². The highest BCUT2D eigenvalue weighted by Crippen LogP contribution is 2.13. The summed E-state index contributed by atoms with van der Waals surface area (Å²) in [5.41, 5.74) is 2.11. The van der Waals surface area contributed by atoms with Gasteiger partial charge in [0.2, 0.25) is 0 Å². The summed E-state index contributed by atoms with van der Waals surface area (Å²) < 4.78 is 13.0. The van der Waals surface area contributed by atoms with Crippen LogP contribution in [0.25, 0.3) is 0 Å². The standard InChI is InChI=1S/C14H22FNO/c1-3-4-7-16(8-9-17)11-13-5-6-14(15)10-12(13)2/h5-6,10,17H,3-4,7-9,11H2,1-2H3. The predicted octanol–water partition coefficient (Wildman–Crippen LogP) is 2.73. The van der Waals surface area contributed by atoms with Gasteiger partial charge in [0.1, 0.15) is 5.82 Å². The third kappa shape index (κ3) is 4.84. The number of benzene rings is 1. The second-order valence-electron chi connectivity index (χ2n) is 4.42. The first kappa shape index (κ1) is 14.1. The SMILES string of the molecule is CCCCN(CCO)Cc1ccc(F)cc1C. The van der Waals surface area contributed by atoms with E-state index in [1.54, 1.807) is 6.07 Å². The van der Waals surface area contributed by atoms with Crippen LogP contribution in [0.2, 0.25) is 0 Å². The average Bonchev–Trinajstić information content (AvgIpc) is 2.29. The van der Waals surface area contributed by atoms with Crippen molar-refractivity contribution in [2.45, 2.75) is 33.2 Å². The van der Waals surface area contributed by atoms with Crippen LogP contribution in [-0.2, 0) is 6.54 Å². The van der Waals surface area contributed by atoms with Crippen molar-refractivity contribution >= 4 is 0 Å². The molecule has 2 nitrogen and oxygen atoms in total. The zero-order valence-electron chi connectivity index (χ0n) is 10.7. The maximum atomic E-state index is 13.0. The summed E-state index contributed by atoms with van der Waals surface area (Å²) in [4.78, 5) is 2.21. The molecule has 1 N–H and O–H groups in total. The minimum Gasteiger partial charge on any atom is -0.395 e. The largest absolute Gasteiger partial charge is 0.395 e. The molecule has 0 spiro atoms. The van der Waals surface area contributed by atoms with Crippen molar-refractivity contribution in [3.63, 3.8) is 0 Å². The van der Waals surface area contributed by atoms with Gasteiger partial charge in [-0.15, -0.1) is 0 Å². The molecule has 0 fully saturated rings. The van der Waals surface area contributed by atoms with Crippen LogP contribution in [0, 0.1) is 12.7 Å². The summed E-state index contributed by atoms with van der Waals surface area (Å²) in [6.07, 6.45) is 2.27. The van der Waals surface area contributed by atoms with Crippen LogP contribution >= 0.6 is 0 Å². The van der Waals surface area contributed by atoms with Crippen molar-refractivity contribution in [2.24, 2.45) is 0 Å². The second kappa shape index (κ2) is 7.41. The predicted molar refractivity (Wildman–Crippen MR) is 68.4 cm³/mol. The maximum absolute atomic E-state index is 13.0. The fraction of sp³-hybridized carbons (Fsp3) is 0.571. The molecule has 0 saturated carbocycles. The molecule has 0 aliphatic heterocycles. The highest BCUT2D eigenvalue weighted by Gasteiger charge is 2.07. The number of unbranched alkanes of at least 4 members (excludes halogenated alkanes) is 1. The van der Waals surface area contributed by atoms with Crippen molar-refractivity contribution in [2.75, 3.05) is 19.7 Å². The number of nitrogens with zero attached hydrogens (tertiary/aromatic N) is 1. The molecule has 0 saturated heterocycles. The van der Waals surface area contributed by atoms with E-state index in [9.17, 15) is 4.39 Å². The molecule has 0 unspecified atom stereocenters. The molecule has 0 heterocycles. The molecule has 0 aliphatic carbocycles. The van der Waals surface area contributed by atoms with Gasteiger partial charge in [0.15, 0.2) is 0 Å². The number of aliphatic hydroxyl groups is 1. The Morgan fingerprint density at radius 1 is 1.29 bits per heavy atom. The van der Waals surface area contributed by atoms with Gasteiger partial charge in [-0.3, -0.25) is 4.90 Å². The third-order valence-electron chi connectivity index (χ3n) is 2.94. The smallest absolute Gasteiger partial charge is 0.123 e. The van der Waals surface area contributed by atoms with Crippen LogP contribution in [0.5, 0.6) is 0 Å². The molecular weight excluding hydrogens is 217 g/mol. The van der Waals surface area contributed by atoms with Crippen molar-refractivity contribution in [3.05, 3.63) is 35.1 Å². The molecule has 0 aliphatic rings. The first-order valence-electron chi connectivity index (χ1n) is 6.25. The first-order chi connectivity index (χ1) is 8.17. The molecule has 1 aromatic carbocycles. The molecule has 0 atom stereocenters. The highest BCUT2D eigenvalue weighted by molar-refractivity contribution is 5.26. The molecule has 1 rings (SSSR count). The summed E-state index contributed by atoms with van der Waals surface area (Å²) in [7, 11) is 0. The second-order valence-corrected chi connectivity index (χ2v) is 4.42. The van der Waals surface area contributed by atoms with Crippen molar-refractivity contribution in [1.82, 2.24) is 4.90 Å². The lowest BCUT2D eigenvalue weighted by Gasteiger charge is -2.22. The summed E-state index contributed by atoms with van der Waals surface area (Å²) in [6, 6.07) is 4.90. The number of hydrogen-bond donors (Lipinski definition) is 1. The van der Waals surface area contributed by atoms with E-state index in [2.05, 4.69) is 11.8 Å². The molecular formula is C14H22FNO. The van der Waals surface area contributed by atoms with Gasteiger partial charge in [-0.2, -0.15) is 0 Å². The van der Waals surface area contributed by atoms with Crippen LogP contribution in [0.1, 0.15) is 30.9 Å². The third-order valence-corrected chi connectivity index (χ3v) is 2.94. The van der Waals surface area contributed by atoms with Crippen LogP contribution < -0.4 is 0 Å². The van der Waals surface area contributed by atoms with Crippen LogP contribution in [0.15, 0.2) is 18.2 Å². The van der Waals surface area contributed by atoms with Gasteiger partial charge in [0, 0.05) is 13.1 Å². The summed E-state index contributed by atoms with van der Waals surface area (Å²) in [5.74, 6) is -0.187. The van der Waals surface area contributed by atoms with E-state index in [0.29, 0.717) is 6.54 Å². The Hall–Kier alpha value is -0.930.